The first-order valence-electron chi connectivity index (χ1n) is 7.36. The van der Waals surface area contributed by atoms with E-state index in [0.29, 0.717) is 12.1 Å². The van der Waals surface area contributed by atoms with Crippen LogP contribution >= 0.6 is 0 Å². The van der Waals surface area contributed by atoms with E-state index in [1.807, 2.05) is 32.9 Å². The van der Waals surface area contributed by atoms with Gasteiger partial charge in [0.2, 0.25) is 0 Å². The topological polar surface area (TPSA) is 72.1 Å². The van der Waals surface area contributed by atoms with Gasteiger partial charge in [-0.2, -0.15) is 0 Å². The monoisotopic (exact) mass is 310 g/mol. The first kappa shape index (κ1) is 15.1. The minimum absolute atomic E-state index is 0.0902. The van der Waals surface area contributed by atoms with Crippen LogP contribution in [0.5, 0.6) is 0 Å². The van der Waals surface area contributed by atoms with E-state index in [1.165, 1.54) is 0 Å². The molecule has 0 bridgehead atoms. The van der Waals surface area contributed by atoms with Crippen LogP contribution in [-0.4, -0.2) is 33.0 Å². The lowest BCUT2D eigenvalue weighted by Crippen LogP contribution is -2.26. The summed E-state index contributed by atoms with van der Waals surface area (Å²) in [6, 6.07) is 7.21. The van der Waals surface area contributed by atoms with Gasteiger partial charge in [0, 0.05) is 18.7 Å². The molecule has 0 unspecified atom stereocenters. The highest BCUT2D eigenvalue weighted by Gasteiger charge is 2.15. The molecule has 2 aromatic heterocycles. The Morgan fingerprint density at radius 2 is 1.78 bits per heavy atom. The zero-order valence-electron chi connectivity index (χ0n) is 13.6. The maximum atomic E-state index is 12.6. The van der Waals surface area contributed by atoms with Gasteiger partial charge in [0.15, 0.2) is 0 Å². The normalized spacial score (nSPS) is 11.0. The molecule has 23 heavy (non-hydrogen) atoms. The number of hydrogen-bond acceptors (Lipinski definition) is 5. The zero-order chi connectivity index (χ0) is 16.6. The van der Waals surface area contributed by atoms with E-state index >= 15 is 0 Å². The smallest absolute Gasteiger partial charge is 0.254 e. The van der Waals surface area contributed by atoms with E-state index in [9.17, 15) is 4.79 Å². The Labute approximate surface area is 134 Å². The molecule has 0 radical (unpaired) electrons. The second-order valence-electron chi connectivity index (χ2n) is 5.69. The summed E-state index contributed by atoms with van der Waals surface area (Å²) in [5, 5.41) is 3.91. The van der Waals surface area contributed by atoms with E-state index in [1.54, 1.807) is 24.1 Å². The Morgan fingerprint density at radius 3 is 2.43 bits per heavy atom. The fourth-order valence-corrected chi connectivity index (χ4v) is 2.39. The van der Waals surface area contributed by atoms with Gasteiger partial charge in [-0.25, -0.2) is 9.97 Å². The minimum atomic E-state index is -0.0902. The summed E-state index contributed by atoms with van der Waals surface area (Å²) in [4.78, 5) is 23.2. The molecule has 118 valence electrons. The molecule has 0 aliphatic heterocycles. The van der Waals surface area contributed by atoms with Crippen molar-refractivity contribution in [2.24, 2.45) is 0 Å². The first-order chi connectivity index (χ1) is 10.9. The molecular formula is C17H18N4O2. The minimum Gasteiger partial charge on any atom is -0.361 e. The molecule has 6 heteroatoms. The molecule has 0 saturated carbocycles. The van der Waals surface area contributed by atoms with E-state index in [0.717, 1.165) is 33.9 Å². The van der Waals surface area contributed by atoms with Crippen LogP contribution in [0.25, 0.3) is 11.0 Å². The van der Waals surface area contributed by atoms with Crippen molar-refractivity contribution in [3.63, 3.8) is 0 Å². The number of carbonyl (C=O) groups is 1. The summed E-state index contributed by atoms with van der Waals surface area (Å²) in [6.07, 6.45) is 0. The van der Waals surface area contributed by atoms with Gasteiger partial charge in [-0.1, -0.05) is 5.16 Å². The van der Waals surface area contributed by atoms with Gasteiger partial charge >= 0.3 is 0 Å². The van der Waals surface area contributed by atoms with E-state index in [4.69, 9.17) is 4.52 Å². The number of carbonyl (C=O) groups excluding carboxylic acids is 1. The van der Waals surface area contributed by atoms with Gasteiger partial charge in [0.25, 0.3) is 5.91 Å². The van der Waals surface area contributed by atoms with Crippen molar-refractivity contribution in [3.05, 3.63) is 52.7 Å². The van der Waals surface area contributed by atoms with Crippen LogP contribution in [0.15, 0.2) is 28.8 Å². The molecule has 0 spiro atoms. The quantitative estimate of drug-likeness (QED) is 0.744. The highest BCUT2D eigenvalue weighted by atomic mass is 16.5. The average molecular weight is 310 g/mol. The van der Waals surface area contributed by atoms with Crippen LogP contribution in [0.3, 0.4) is 0 Å². The third kappa shape index (κ3) is 3.06. The summed E-state index contributed by atoms with van der Waals surface area (Å²) >= 11 is 0. The Morgan fingerprint density at radius 1 is 1.09 bits per heavy atom. The highest BCUT2D eigenvalue weighted by molar-refractivity contribution is 5.97. The lowest BCUT2D eigenvalue weighted by Gasteiger charge is -2.15. The summed E-state index contributed by atoms with van der Waals surface area (Å²) in [5.74, 6) is 0.639. The average Bonchev–Trinajstić information content (AvgIpc) is 2.92. The van der Waals surface area contributed by atoms with Crippen molar-refractivity contribution in [1.29, 1.82) is 0 Å². The van der Waals surface area contributed by atoms with Crippen molar-refractivity contribution < 1.29 is 9.32 Å². The third-order valence-corrected chi connectivity index (χ3v) is 3.74. The van der Waals surface area contributed by atoms with Gasteiger partial charge < -0.3 is 9.42 Å². The van der Waals surface area contributed by atoms with E-state index < -0.39 is 0 Å². The van der Waals surface area contributed by atoms with E-state index in [2.05, 4.69) is 15.1 Å². The van der Waals surface area contributed by atoms with Gasteiger partial charge in [-0.05, 0) is 39.0 Å². The van der Waals surface area contributed by atoms with Crippen LogP contribution in [0.2, 0.25) is 0 Å². The van der Waals surface area contributed by atoms with Crippen molar-refractivity contribution in [3.8, 4) is 0 Å². The fraction of sp³-hybridized carbons (Fsp3) is 0.294. The lowest BCUT2D eigenvalue weighted by molar-refractivity contribution is 0.0782. The molecule has 0 aliphatic rings. The van der Waals surface area contributed by atoms with E-state index in [-0.39, 0.29) is 5.91 Å². The number of rotatable bonds is 3. The SMILES string of the molecule is Cc1cc(CN(C)C(=O)c2ccc3nc(C)c(C)nc3c2)no1. The van der Waals surface area contributed by atoms with Crippen molar-refractivity contribution in [2.75, 3.05) is 7.05 Å². The molecule has 3 aromatic rings. The molecule has 3 rings (SSSR count). The van der Waals surface area contributed by atoms with Crippen molar-refractivity contribution in [1.82, 2.24) is 20.0 Å². The first-order valence-corrected chi connectivity index (χ1v) is 7.36. The Kier molecular flexibility index (Phi) is 3.82. The highest BCUT2D eigenvalue weighted by Crippen LogP contribution is 2.16. The molecule has 0 saturated heterocycles. The number of benzene rings is 1. The van der Waals surface area contributed by atoms with Crippen molar-refractivity contribution >= 4 is 16.9 Å². The molecule has 1 aromatic carbocycles. The second-order valence-corrected chi connectivity index (χ2v) is 5.69. The lowest BCUT2D eigenvalue weighted by atomic mass is 10.1. The van der Waals surface area contributed by atoms with Crippen LogP contribution < -0.4 is 0 Å². The fourth-order valence-electron chi connectivity index (χ4n) is 2.39. The maximum Gasteiger partial charge on any atom is 0.254 e. The summed E-state index contributed by atoms with van der Waals surface area (Å²) in [7, 11) is 1.74. The van der Waals surface area contributed by atoms with Gasteiger partial charge in [0.1, 0.15) is 11.5 Å². The number of aryl methyl sites for hydroxylation is 3. The Hall–Kier alpha value is -2.76. The third-order valence-electron chi connectivity index (χ3n) is 3.74. The number of nitrogens with zero attached hydrogens (tertiary/aromatic N) is 4. The molecule has 0 fully saturated rings. The predicted octanol–water partition coefficient (Wildman–Crippen LogP) is 2.82. The molecule has 6 nitrogen and oxygen atoms in total. The Bertz CT molecular complexity index is 885. The number of amides is 1. The molecule has 0 aliphatic carbocycles. The summed E-state index contributed by atoms with van der Waals surface area (Å²) in [6.45, 7) is 6.06. The predicted molar refractivity (Wildman–Crippen MR) is 86.0 cm³/mol. The Balaban J connectivity index is 1.86. The van der Waals surface area contributed by atoms with Crippen LogP contribution in [0.4, 0.5) is 0 Å². The number of fused-ring (bicyclic) bond motifs is 1. The summed E-state index contributed by atoms with van der Waals surface area (Å²) < 4.78 is 5.03. The van der Waals surface area contributed by atoms with Gasteiger partial charge in [-0.15, -0.1) is 0 Å². The van der Waals surface area contributed by atoms with Gasteiger partial charge in [-0.3, -0.25) is 4.79 Å². The molecule has 1 amide bonds. The molecule has 2 heterocycles. The molecule has 0 N–H and O–H groups in total. The largest absolute Gasteiger partial charge is 0.361 e. The number of hydrogen-bond donors (Lipinski definition) is 0. The van der Waals surface area contributed by atoms with Crippen molar-refractivity contribution in [2.45, 2.75) is 27.3 Å². The number of aromatic nitrogens is 3. The second kappa shape index (κ2) is 5.79. The zero-order valence-corrected chi connectivity index (χ0v) is 13.6. The molecule has 0 atom stereocenters. The molecular weight excluding hydrogens is 292 g/mol. The van der Waals surface area contributed by atoms with Crippen LogP contribution in [0.1, 0.15) is 33.2 Å². The summed E-state index contributed by atoms with van der Waals surface area (Å²) in [5.41, 5.74) is 4.59. The van der Waals surface area contributed by atoms with Crippen LogP contribution in [-0.2, 0) is 6.54 Å². The van der Waals surface area contributed by atoms with Crippen LogP contribution in [0, 0.1) is 20.8 Å². The van der Waals surface area contributed by atoms with Gasteiger partial charge in [0.05, 0.1) is 29.0 Å². The standard InChI is InChI=1S/C17H18N4O2/c1-10-7-14(20-23-10)9-21(4)17(22)13-5-6-15-16(8-13)19-12(3)11(2)18-15/h5-8H,9H2,1-4H3. The maximum absolute atomic E-state index is 12.6.